The number of fused-ring (bicyclic) bond motifs is 2. The Kier molecular flexibility index (Phi) is 6.78. The lowest BCUT2D eigenvalue weighted by atomic mass is 10.1. The molecule has 0 unspecified atom stereocenters. The number of carbonyl (C=O) groups is 1. The Morgan fingerprint density at radius 1 is 1.02 bits per heavy atom. The molecule has 1 amide bonds. The van der Waals surface area contributed by atoms with Gasteiger partial charge in [0.15, 0.2) is 11.5 Å². The summed E-state index contributed by atoms with van der Waals surface area (Å²) in [6.45, 7) is 1.75. The highest BCUT2D eigenvalue weighted by Gasteiger charge is 2.24. The standard InChI is InChI=1S/C31H24N8O3/c1-19(35-30(40)26-27(32)37-38-17-7-15-34-29(26)38)28-36-23-11-6-8-21(13-12-20-14-16-33-24(18-20)42-2)25(23)31(41)39(28)22-9-4-3-5-10-22/h3-11,14-19H,1-2H3,(H2,32,37)(H,35,40)/t19-/m1/s1. The summed E-state index contributed by atoms with van der Waals surface area (Å²) in [6.07, 6.45) is 4.82. The number of nitrogen functional groups attached to an aromatic ring is 1. The molecule has 6 rings (SSSR count). The van der Waals surface area contributed by atoms with E-state index >= 15 is 0 Å². The molecule has 6 aromatic rings. The van der Waals surface area contributed by atoms with Gasteiger partial charge in [-0.05, 0) is 43.3 Å². The van der Waals surface area contributed by atoms with Gasteiger partial charge in [0.1, 0.15) is 11.4 Å². The predicted octanol–water partition coefficient (Wildman–Crippen LogP) is 3.31. The quantitative estimate of drug-likeness (QED) is 0.308. The Hall–Kier alpha value is -6.02. The molecular weight excluding hydrogens is 532 g/mol. The number of benzene rings is 2. The second kappa shape index (κ2) is 10.9. The summed E-state index contributed by atoms with van der Waals surface area (Å²) in [4.78, 5) is 40.8. The molecular formula is C31H24N8O3. The van der Waals surface area contributed by atoms with Gasteiger partial charge in [-0.1, -0.05) is 36.1 Å². The van der Waals surface area contributed by atoms with Crippen molar-refractivity contribution in [2.24, 2.45) is 0 Å². The molecule has 0 saturated carbocycles. The fraction of sp³-hybridized carbons (Fsp3) is 0.0968. The third-order valence-corrected chi connectivity index (χ3v) is 6.61. The summed E-state index contributed by atoms with van der Waals surface area (Å²) >= 11 is 0. The molecule has 0 bridgehead atoms. The van der Waals surface area contributed by atoms with Gasteiger partial charge in [0.05, 0.1) is 29.7 Å². The third-order valence-electron chi connectivity index (χ3n) is 6.61. The van der Waals surface area contributed by atoms with E-state index in [0.717, 1.165) is 0 Å². The summed E-state index contributed by atoms with van der Waals surface area (Å²) in [5.41, 5.74) is 8.44. The van der Waals surface area contributed by atoms with Gasteiger partial charge in [-0.15, -0.1) is 5.10 Å². The molecule has 11 nitrogen and oxygen atoms in total. The van der Waals surface area contributed by atoms with Crippen LogP contribution in [0.15, 0.2) is 90.1 Å². The number of rotatable bonds is 5. The van der Waals surface area contributed by atoms with Gasteiger partial charge in [0.25, 0.3) is 11.5 Å². The van der Waals surface area contributed by atoms with Gasteiger partial charge in [-0.2, -0.15) is 0 Å². The number of carbonyl (C=O) groups excluding carboxylic acids is 1. The Labute approximate surface area is 239 Å². The van der Waals surface area contributed by atoms with Gasteiger partial charge in [-0.3, -0.25) is 14.2 Å². The second-order valence-electron chi connectivity index (χ2n) is 9.33. The highest BCUT2D eigenvalue weighted by Crippen LogP contribution is 2.22. The average Bonchev–Trinajstić information content (AvgIpc) is 3.36. The van der Waals surface area contributed by atoms with Crippen molar-refractivity contribution in [3.63, 3.8) is 0 Å². The number of anilines is 1. The highest BCUT2D eigenvalue weighted by molar-refractivity contribution is 6.04. The predicted molar refractivity (Wildman–Crippen MR) is 157 cm³/mol. The molecule has 0 aliphatic rings. The van der Waals surface area contributed by atoms with Crippen molar-refractivity contribution in [3.8, 4) is 23.4 Å². The Bertz CT molecular complexity index is 2090. The van der Waals surface area contributed by atoms with Crippen LogP contribution in [0.4, 0.5) is 5.82 Å². The van der Waals surface area contributed by atoms with Crippen LogP contribution in [0.5, 0.6) is 5.88 Å². The SMILES string of the molecule is COc1cc(C#Cc2cccc3nc([C@@H](C)NC(=O)c4c(N)nn5cccnc45)n(-c4ccccc4)c(=O)c23)ccn1. The Morgan fingerprint density at radius 3 is 2.67 bits per heavy atom. The molecule has 42 heavy (non-hydrogen) atoms. The van der Waals surface area contributed by atoms with E-state index in [9.17, 15) is 9.59 Å². The molecule has 11 heteroatoms. The lowest BCUT2D eigenvalue weighted by Gasteiger charge is -2.20. The number of hydrogen-bond donors (Lipinski definition) is 2. The van der Waals surface area contributed by atoms with Crippen molar-refractivity contribution in [1.29, 1.82) is 0 Å². The van der Waals surface area contributed by atoms with Gasteiger partial charge >= 0.3 is 0 Å². The first-order valence-electron chi connectivity index (χ1n) is 13.0. The number of nitrogens with two attached hydrogens (primary N) is 1. The minimum Gasteiger partial charge on any atom is -0.481 e. The number of methoxy groups -OCH3 is 1. The van der Waals surface area contributed by atoms with Gasteiger partial charge in [-0.25, -0.2) is 19.5 Å². The summed E-state index contributed by atoms with van der Waals surface area (Å²) < 4.78 is 8.12. The summed E-state index contributed by atoms with van der Waals surface area (Å²) in [6, 6.07) is 18.9. The minimum atomic E-state index is -0.702. The maximum absolute atomic E-state index is 14.2. The van der Waals surface area contributed by atoms with E-state index in [2.05, 4.69) is 32.2 Å². The van der Waals surface area contributed by atoms with Crippen LogP contribution in [0.3, 0.4) is 0 Å². The number of ether oxygens (including phenoxy) is 1. The van der Waals surface area contributed by atoms with Crippen molar-refractivity contribution >= 4 is 28.3 Å². The van der Waals surface area contributed by atoms with Crippen molar-refractivity contribution in [1.82, 2.24) is 34.4 Å². The zero-order valence-electron chi connectivity index (χ0n) is 22.6. The molecule has 2 aromatic carbocycles. The molecule has 0 radical (unpaired) electrons. The van der Waals surface area contributed by atoms with Crippen LogP contribution in [0.2, 0.25) is 0 Å². The maximum Gasteiger partial charge on any atom is 0.267 e. The fourth-order valence-electron chi connectivity index (χ4n) is 4.66. The van der Waals surface area contributed by atoms with E-state index in [1.807, 2.05) is 18.2 Å². The van der Waals surface area contributed by atoms with E-state index in [4.69, 9.17) is 15.5 Å². The van der Waals surface area contributed by atoms with Crippen LogP contribution in [-0.4, -0.2) is 42.2 Å². The van der Waals surface area contributed by atoms with Crippen LogP contribution in [0.25, 0.3) is 22.2 Å². The van der Waals surface area contributed by atoms with Crippen molar-refractivity contribution in [3.05, 3.63) is 118 Å². The third kappa shape index (κ3) is 4.77. The number of para-hydroxylation sites is 1. The maximum atomic E-state index is 14.2. The van der Waals surface area contributed by atoms with Crippen LogP contribution in [0.1, 0.15) is 40.3 Å². The van der Waals surface area contributed by atoms with Crippen molar-refractivity contribution in [2.45, 2.75) is 13.0 Å². The van der Waals surface area contributed by atoms with Gasteiger partial charge in [0.2, 0.25) is 5.88 Å². The number of nitrogens with zero attached hydrogens (tertiary/aromatic N) is 6. The largest absolute Gasteiger partial charge is 0.481 e. The molecule has 4 aromatic heterocycles. The average molecular weight is 557 g/mol. The van der Waals surface area contributed by atoms with Crippen molar-refractivity contribution in [2.75, 3.05) is 12.8 Å². The molecule has 3 N–H and O–H groups in total. The zero-order chi connectivity index (χ0) is 29.2. The van der Waals surface area contributed by atoms with Crippen LogP contribution in [-0.2, 0) is 0 Å². The molecule has 1 atom stereocenters. The topological polar surface area (TPSA) is 142 Å². The van der Waals surface area contributed by atoms with Gasteiger partial charge < -0.3 is 15.8 Å². The minimum absolute atomic E-state index is 0.0420. The lowest BCUT2D eigenvalue weighted by Crippen LogP contribution is -2.33. The number of pyridine rings is 1. The molecule has 0 fully saturated rings. The Balaban J connectivity index is 1.47. The summed E-state index contributed by atoms with van der Waals surface area (Å²) in [7, 11) is 1.53. The smallest absolute Gasteiger partial charge is 0.267 e. The van der Waals surface area contributed by atoms with Crippen LogP contribution >= 0.6 is 0 Å². The van der Waals surface area contributed by atoms with E-state index < -0.39 is 11.9 Å². The monoisotopic (exact) mass is 556 g/mol. The number of amides is 1. The lowest BCUT2D eigenvalue weighted by molar-refractivity contribution is 0.0940. The first kappa shape index (κ1) is 26.2. The molecule has 206 valence electrons. The normalized spacial score (nSPS) is 11.6. The van der Waals surface area contributed by atoms with E-state index in [-0.39, 0.29) is 16.9 Å². The number of nitrogens with one attached hydrogen (secondary N) is 1. The van der Waals surface area contributed by atoms with Crippen LogP contribution in [0, 0.1) is 11.8 Å². The molecule has 0 spiro atoms. The van der Waals surface area contributed by atoms with E-state index in [1.165, 1.54) is 16.2 Å². The summed E-state index contributed by atoms with van der Waals surface area (Å²) in [5, 5.41) is 7.45. The molecule has 0 saturated heterocycles. The van der Waals surface area contributed by atoms with E-state index in [1.54, 1.807) is 74.0 Å². The molecule has 0 aliphatic carbocycles. The zero-order valence-corrected chi connectivity index (χ0v) is 22.6. The first-order valence-corrected chi connectivity index (χ1v) is 13.0. The first-order chi connectivity index (χ1) is 20.4. The fourth-order valence-corrected chi connectivity index (χ4v) is 4.66. The van der Waals surface area contributed by atoms with Crippen LogP contribution < -0.4 is 21.3 Å². The Morgan fingerprint density at radius 2 is 1.86 bits per heavy atom. The second-order valence-corrected chi connectivity index (χ2v) is 9.33. The molecule has 0 aliphatic heterocycles. The number of hydrogen-bond acceptors (Lipinski definition) is 8. The van der Waals surface area contributed by atoms with Gasteiger partial charge in [0, 0.05) is 35.8 Å². The molecule has 4 heterocycles. The number of aromatic nitrogens is 6. The van der Waals surface area contributed by atoms with E-state index in [0.29, 0.717) is 45.1 Å². The highest BCUT2D eigenvalue weighted by atomic mass is 16.5. The van der Waals surface area contributed by atoms with Crippen molar-refractivity contribution < 1.29 is 9.53 Å². The summed E-state index contributed by atoms with van der Waals surface area (Å²) in [5.74, 6) is 6.52.